The highest BCUT2D eigenvalue weighted by Crippen LogP contribution is 2.42. The first-order valence-electron chi connectivity index (χ1n) is 11.3. The molecule has 2 unspecified atom stereocenters. The van der Waals surface area contributed by atoms with Crippen LogP contribution in [0.4, 0.5) is 10.5 Å². The van der Waals surface area contributed by atoms with Gasteiger partial charge in [0.2, 0.25) is 5.90 Å². The smallest absolute Gasteiger partial charge is 0.407 e. The summed E-state index contributed by atoms with van der Waals surface area (Å²) in [5.74, 6) is 2.09. The molecule has 30 heavy (non-hydrogen) atoms. The molecule has 0 bridgehead atoms. The first-order valence-corrected chi connectivity index (χ1v) is 11.3. The third-order valence-corrected chi connectivity index (χ3v) is 7.15. The van der Waals surface area contributed by atoms with Gasteiger partial charge in [-0.1, -0.05) is 20.8 Å². The van der Waals surface area contributed by atoms with Crippen LogP contribution < -0.4 is 4.90 Å². The van der Waals surface area contributed by atoms with Crippen LogP contribution in [0.5, 0.6) is 0 Å². The normalized spacial score (nSPS) is 25.8. The molecule has 1 aromatic rings. The predicted molar refractivity (Wildman–Crippen MR) is 119 cm³/mol. The van der Waals surface area contributed by atoms with Crippen LogP contribution in [0, 0.1) is 17.3 Å². The van der Waals surface area contributed by atoms with Crippen LogP contribution in [-0.4, -0.2) is 60.8 Å². The van der Waals surface area contributed by atoms with Crippen molar-refractivity contribution in [2.24, 2.45) is 22.2 Å². The van der Waals surface area contributed by atoms with Gasteiger partial charge in [-0.15, -0.1) is 0 Å². The average molecular weight is 414 g/mol. The average Bonchev–Trinajstić information content (AvgIpc) is 3.28. The number of carboxylic acid groups (broad SMARTS) is 1. The number of nitrogens with zero attached hydrogens (tertiary/aromatic N) is 3. The summed E-state index contributed by atoms with van der Waals surface area (Å²) in [4.78, 5) is 19.8. The van der Waals surface area contributed by atoms with E-state index in [2.05, 4.69) is 54.9 Å². The minimum Gasteiger partial charge on any atom is -0.476 e. The molecule has 2 fully saturated rings. The lowest BCUT2D eigenvalue weighted by Crippen LogP contribution is -2.51. The topological polar surface area (TPSA) is 65.4 Å². The highest BCUT2D eigenvalue weighted by Gasteiger charge is 2.39. The zero-order valence-corrected chi connectivity index (χ0v) is 18.5. The van der Waals surface area contributed by atoms with Crippen LogP contribution in [0.2, 0.25) is 0 Å². The van der Waals surface area contributed by atoms with E-state index in [0.717, 1.165) is 37.4 Å². The van der Waals surface area contributed by atoms with Crippen LogP contribution in [0.15, 0.2) is 29.3 Å². The number of hydrogen-bond donors (Lipinski definition) is 1. The lowest BCUT2D eigenvalue weighted by Gasteiger charge is -2.49. The maximum atomic E-state index is 11.2. The second kappa shape index (κ2) is 8.48. The zero-order chi connectivity index (χ0) is 21.3. The second-order valence-electron chi connectivity index (χ2n) is 10.0. The Morgan fingerprint density at radius 3 is 2.30 bits per heavy atom. The van der Waals surface area contributed by atoms with E-state index in [4.69, 9.17) is 4.74 Å². The number of anilines is 1. The molecule has 0 radical (unpaired) electrons. The van der Waals surface area contributed by atoms with Crippen LogP contribution >= 0.6 is 0 Å². The van der Waals surface area contributed by atoms with E-state index >= 15 is 0 Å². The number of likely N-dealkylation sites (tertiary alicyclic amines) is 1. The minimum absolute atomic E-state index is 0.178. The number of hydrogen-bond acceptors (Lipinski definition) is 4. The Balaban J connectivity index is 1.45. The summed E-state index contributed by atoms with van der Waals surface area (Å²) in [5.41, 5.74) is 2.51. The Morgan fingerprint density at radius 2 is 1.73 bits per heavy atom. The van der Waals surface area contributed by atoms with E-state index in [1.54, 1.807) is 4.90 Å². The quantitative estimate of drug-likeness (QED) is 0.793. The standard InChI is InChI=1S/C24H35N3O3/c1-24(2,3)21-16-19(17-8-12-26(13-9-17)23(28)29)10-14-27(21)20-6-4-18(5-7-20)22-25-11-15-30-22/h4-7,17,19,21H,8-16H2,1-3H3,(H,28,29). The van der Waals surface area contributed by atoms with Gasteiger partial charge in [0.05, 0.1) is 6.54 Å². The van der Waals surface area contributed by atoms with Crippen molar-refractivity contribution < 1.29 is 14.6 Å². The van der Waals surface area contributed by atoms with Crippen molar-refractivity contribution in [1.29, 1.82) is 0 Å². The maximum absolute atomic E-state index is 11.2. The number of piperidine rings is 2. The van der Waals surface area contributed by atoms with Crippen molar-refractivity contribution in [2.45, 2.75) is 52.5 Å². The molecule has 1 aromatic carbocycles. The first-order chi connectivity index (χ1) is 14.3. The number of benzene rings is 1. The Morgan fingerprint density at radius 1 is 1.07 bits per heavy atom. The Kier molecular flexibility index (Phi) is 5.94. The number of carbonyl (C=O) groups is 1. The summed E-state index contributed by atoms with van der Waals surface area (Å²) in [7, 11) is 0. The van der Waals surface area contributed by atoms with Gasteiger partial charge in [-0.2, -0.15) is 0 Å². The SMILES string of the molecule is CC(C)(C)C1CC(C2CCN(C(=O)O)CC2)CCN1c1ccc(C2=NCCO2)cc1. The van der Waals surface area contributed by atoms with Crippen LogP contribution in [0.25, 0.3) is 0 Å². The van der Waals surface area contributed by atoms with Crippen LogP contribution in [0.1, 0.15) is 52.0 Å². The maximum Gasteiger partial charge on any atom is 0.407 e. The molecule has 3 heterocycles. The fourth-order valence-electron chi connectivity index (χ4n) is 5.42. The fraction of sp³-hybridized carbons (Fsp3) is 0.667. The Bertz CT molecular complexity index is 776. The van der Waals surface area contributed by atoms with E-state index in [1.165, 1.54) is 18.5 Å². The van der Waals surface area contributed by atoms with Crippen LogP contribution in [0.3, 0.4) is 0 Å². The van der Waals surface area contributed by atoms with Gasteiger partial charge >= 0.3 is 6.09 Å². The van der Waals surface area contributed by atoms with Crippen molar-refractivity contribution in [3.05, 3.63) is 29.8 Å². The number of rotatable bonds is 3. The van der Waals surface area contributed by atoms with Gasteiger partial charge in [-0.25, -0.2) is 9.79 Å². The highest BCUT2D eigenvalue weighted by molar-refractivity contribution is 5.95. The van der Waals surface area contributed by atoms with Gasteiger partial charge in [0.15, 0.2) is 0 Å². The molecule has 0 saturated carbocycles. The molecule has 6 nitrogen and oxygen atoms in total. The number of aliphatic imine (C=N–C) groups is 1. The molecule has 1 N–H and O–H groups in total. The van der Waals surface area contributed by atoms with Crippen molar-refractivity contribution in [3.63, 3.8) is 0 Å². The molecular weight excluding hydrogens is 378 g/mol. The molecular formula is C24H35N3O3. The molecule has 4 rings (SSSR count). The molecule has 1 amide bonds. The van der Waals surface area contributed by atoms with Gasteiger partial charge in [-0.3, -0.25) is 0 Å². The summed E-state index contributed by atoms with van der Waals surface area (Å²) in [5, 5.41) is 9.24. The van der Waals surface area contributed by atoms with Gasteiger partial charge in [0.1, 0.15) is 6.61 Å². The number of amides is 1. The summed E-state index contributed by atoms with van der Waals surface area (Å²) >= 11 is 0. The van der Waals surface area contributed by atoms with E-state index in [1.807, 2.05) is 0 Å². The highest BCUT2D eigenvalue weighted by atomic mass is 16.5. The lowest BCUT2D eigenvalue weighted by molar-refractivity contribution is 0.0959. The van der Waals surface area contributed by atoms with Gasteiger partial charge in [0.25, 0.3) is 0 Å². The molecule has 2 atom stereocenters. The van der Waals surface area contributed by atoms with Crippen molar-refractivity contribution in [3.8, 4) is 0 Å². The summed E-state index contributed by atoms with van der Waals surface area (Å²) in [6.45, 7) is 10.9. The minimum atomic E-state index is -0.770. The van der Waals surface area contributed by atoms with Gasteiger partial charge in [-0.05, 0) is 67.2 Å². The molecule has 0 aromatic heterocycles. The summed E-state index contributed by atoms with van der Waals surface area (Å²) in [6, 6.07) is 9.16. The zero-order valence-electron chi connectivity index (χ0n) is 18.5. The van der Waals surface area contributed by atoms with E-state index < -0.39 is 6.09 Å². The van der Waals surface area contributed by atoms with Crippen molar-refractivity contribution >= 4 is 17.7 Å². The molecule has 0 spiro atoms. The largest absolute Gasteiger partial charge is 0.476 e. The fourth-order valence-corrected chi connectivity index (χ4v) is 5.42. The predicted octanol–water partition coefficient (Wildman–Crippen LogP) is 4.48. The second-order valence-corrected chi connectivity index (χ2v) is 10.0. The summed E-state index contributed by atoms with van der Waals surface area (Å²) < 4.78 is 5.60. The molecule has 3 aliphatic heterocycles. The van der Waals surface area contributed by atoms with E-state index in [-0.39, 0.29) is 5.41 Å². The lowest BCUT2D eigenvalue weighted by atomic mass is 9.71. The Hall–Kier alpha value is -2.24. The Labute approximate surface area is 179 Å². The molecule has 6 heteroatoms. The van der Waals surface area contributed by atoms with Crippen molar-refractivity contribution in [2.75, 3.05) is 37.7 Å². The van der Waals surface area contributed by atoms with Crippen LogP contribution in [-0.2, 0) is 4.74 Å². The molecule has 0 aliphatic carbocycles. The molecule has 3 aliphatic rings. The molecule has 2 saturated heterocycles. The van der Waals surface area contributed by atoms with Crippen molar-refractivity contribution in [1.82, 2.24) is 4.90 Å². The number of ether oxygens (including phenoxy) is 1. The van der Waals surface area contributed by atoms with E-state index in [0.29, 0.717) is 37.6 Å². The van der Waals surface area contributed by atoms with Gasteiger partial charge in [0, 0.05) is 36.9 Å². The monoisotopic (exact) mass is 413 g/mol. The van der Waals surface area contributed by atoms with Gasteiger partial charge < -0.3 is 19.6 Å². The third kappa shape index (κ3) is 4.42. The third-order valence-electron chi connectivity index (χ3n) is 7.15. The first kappa shape index (κ1) is 21.0. The molecule has 164 valence electrons. The van der Waals surface area contributed by atoms with E-state index in [9.17, 15) is 9.90 Å². The summed E-state index contributed by atoms with van der Waals surface area (Å²) in [6.07, 6.45) is 3.60.